The van der Waals surface area contributed by atoms with Gasteiger partial charge in [0.05, 0.1) is 6.61 Å². The Morgan fingerprint density at radius 2 is 2.44 bits per heavy atom. The number of aliphatic hydroxyl groups is 1. The van der Waals surface area contributed by atoms with Crippen LogP contribution in [0.5, 0.6) is 0 Å². The highest BCUT2D eigenvalue weighted by Gasteiger charge is 2.34. The highest BCUT2D eigenvalue weighted by molar-refractivity contribution is 5.79. The van der Waals surface area contributed by atoms with Crippen LogP contribution < -0.4 is 0 Å². The molecule has 1 rings (SSSR count). The van der Waals surface area contributed by atoms with Crippen LogP contribution in [-0.4, -0.2) is 23.3 Å². The Labute approximate surface area is 53.6 Å². The quantitative estimate of drug-likeness (QED) is 0.472. The van der Waals surface area contributed by atoms with Crippen LogP contribution in [0.15, 0.2) is 0 Å². The van der Waals surface area contributed by atoms with Gasteiger partial charge in [-0.25, -0.2) is 4.79 Å². The summed E-state index contributed by atoms with van der Waals surface area (Å²) in [6, 6.07) is 0. The Kier molecular flexibility index (Phi) is 1.45. The lowest BCUT2D eigenvalue weighted by Gasteiger charge is -2.25. The maximum absolute atomic E-state index is 10.6. The van der Waals surface area contributed by atoms with Crippen molar-refractivity contribution >= 4 is 5.97 Å². The lowest BCUT2D eigenvalue weighted by atomic mass is 9.99. The molecule has 1 aliphatic rings. The Morgan fingerprint density at radius 3 is 2.78 bits per heavy atom. The molecule has 1 atom stereocenters. The standard InChI is InChI=1S/C6H10O3/c1-6(8)3-2-4-9-5(6)7/h8H,2-4H2,1H3/t6-/m1/s1. The summed E-state index contributed by atoms with van der Waals surface area (Å²) in [5.74, 6) is -0.492. The fraction of sp³-hybridized carbons (Fsp3) is 0.833. The molecule has 0 bridgehead atoms. The molecule has 3 heteroatoms. The van der Waals surface area contributed by atoms with Gasteiger partial charge in [-0.3, -0.25) is 0 Å². The molecule has 0 aliphatic carbocycles. The zero-order chi connectivity index (χ0) is 6.91. The zero-order valence-electron chi connectivity index (χ0n) is 5.39. The van der Waals surface area contributed by atoms with Gasteiger partial charge in [-0.1, -0.05) is 0 Å². The van der Waals surface area contributed by atoms with Gasteiger partial charge < -0.3 is 9.84 Å². The molecule has 0 amide bonds. The van der Waals surface area contributed by atoms with E-state index < -0.39 is 11.6 Å². The van der Waals surface area contributed by atoms with E-state index in [-0.39, 0.29) is 0 Å². The molecule has 0 aromatic carbocycles. The van der Waals surface area contributed by atoms with E-state index in [1.54, 1.807) is 0 Å². The fourth-order valence-electron chi connectivity index (χ4n) is 0.839. The lowest BCUT2D eigenvalue weighted by molar-refractivity contribution is -0.171. The summed E-state index contributed by atoms with van der Waals surface area (Å²) >= 11 is 0. The summed E-state index contributed by atoms with van der Waals surface area (Å²) in [4.78, 5) is 10.6. The Bertz CT molecular complexity index is 128. The normalized spacial score (nSPS) is 36.0. The van der Waals surface area contributed by atoms with E-state index in [0.717, 1.165) is 6.42 Å². The summed E-state index contributed by atoms with van der Waals surface area (Å²) in [6.07, 6.45) is 1.28. The van der Waals surface area contributed by atoms with Gasteiger partial charge in [0.15, 0.2) is 5.60 Å². The number of carbonyl (C=O) groups excluding carboxylic acids is 1. The monoisotopic (exact) mass is 130 g/mol. The second-order valence-electron chi connectivity index (χ2n) is 2.51. The van der Waals surface area contributed by atoms with Gasteiger partial charge in [-0.15, -0.1) is 0 Å². The number of cyclic esters (lactones) is 1. The smallest absolute Gasteiger partial charge is 0.337 e. The molecule has 52 valence electrons. The number of hydrogen-bond donors (Lipinski definition) is 1. The average Bonchev–Trinajstić information content (AvgIpc) is 1.77. The van der Waals surface area contributed by atoms with Crippen molar-refractivity contribution in [3.63, 3.8) is 0 Å². The predicted molar refractivity (Wildman–Crippen MR) is 30.8 cm³/mol. The maximum atomic E-state index is 10.6. The summed E-state index contributed by atoms with van der Waals surface area (Å²) in [5.41, 5.74) is -1.22. The van der Waals surface area contributed by atoms with Gasteiger partial charge in [0.2, 0.25) is 0 Å². The number of esters is 1. The molecule has 3 nitrogen and oxygen atoms in total. The fourth-order valence-corrected chi connectivity index (χ4v) is 0.839. The van der Waals surface area contributed by atoms with Gasteiger partial charge >= 0.3 is 5.97 Å². The third-order valence-electron chi connectivity index (χ3n) is 1.48. The average molecular weight is 130 g/mol. The van der Waals surface area contributed by atoms with E-state index in [1.165, 1.54) is 6.92 Å². The first-order valence-electron chi connectivity index (χ1n) is 3.02. The minimum absolute atomic E-state index is 0.453. The van der Waals surface area contributed by atoms with E-state index in [1.807, 2.05) is 0 Å². The van der Waals surface area contributed by atoms with Crippen molar-refractivity contribution in [2.75, 3.05) is 6.61 Å². The largest absolute Gasteiger partial charge is 0.464 e. The van der Waals surface area contributed by atoms with Crippen LogP contribution in [0.2, 0.25) is 0 Å². The van der Waals surface area contributed by atoms with Crippen LogP contribution in [0.25, 0.3) is 0 Å². The molecule has 0 aromatic rings. The van der Waals surface area contributed by atoms with Crippen LogP contribution >= 0.6 is 0 Å². The van der Waals surface area contributed by atoms with Gasteiger partial charge in [0.1, 0.15) is 0 Å². The Morgan fingerprint density at radius 1 is 1.78 bits per heavy atom. The van der Waals surface area contributed by atoms with E-state index >= 15 is 0 Å². The third kappa shape index (κ3) is 1.21. The first kappa shape index (κ1) is 6.55. The van der Waals surface area contributed by atoms with Gasteiger partial charge in [-0.05, 0) is 19.8 Å². The van der Waals surface area contributed by atoms with Gasteiger partial charge in [-0.2, -0.15) is 0 Å². The number of hydrogen-bond acceptors (Lipinski definition) is 3. The molecule has 9 heavy (non-hydrogen) atoms. The molecule has 0 aromatic heterocycles. The first-order valence-corrected chi connectivity index (χ1v) is 3.02. The Hall–Kier alpha value is -0.570. The summed E-state index contributed by atoms with van der Waals surface area (Å²) < 4.78 is 4.60. The van der Waals surface area contributed by atoms with Gasteiger partial charge in [0.25, 0.3) is 0 Å². The topological polar surface area (TPSA) is 46.5 Å². The van der Waals surface area contributed by atoms with E-state index in [0.29, 0.717) is 13.0 Å². The second-order valence-corrected chi connectivity index (χ2v) is 2.51. The summed E-state index contributed by atoms with van der Waals surface area (Å²) in [7, 11) is 0. The van der Waals surface area contributed by atoms with Crippen LogP contribution in [-0.2, 0) is 9.53 Å². The lowest BCUT2D eigenvalue weighted by Crippen LogP contribution is -2.40. The summed E-state index contributed by atoms with van der Waals surface area (Å²) in [6.45, 7) is 1.93. The molecule has 0 saturated carbocycles. The van der Waals surface area contributed by atoms with Crippen LogP contribution in [0.1, 0.15) is 19.8 Å². The van der Waals surface area contributed by atoms with E-state index in [4.69, 9.17) is 5.11 Å². The van der Waals surface area contributed by atoms with Crippen LogP contribution in [0.4, 0.5) is 0 Å². The molecule has 0 radical (unpaired) electrons. The molecular formula is C6H10O3. The third-order valence-corrected chi connectivity index (χ3v) is 1.48. The Balaban J connectivity index is 2.60. The molecule has 1 saturated heterocycles. The molecular weight excluding hydrogens is 120 g/mol. The number of carbonyl (C=O) groups is 1. The minimum atomic E-state index is -1.22. The SMILES string of the molecule is C[C@@]1(O)CCCOC1=O. The molecule has 0 spiro atoms. The second kappa shape index (κ2) is 1.99. The molecule has 0 unspecified atom stereocenters. The summed E-state index contributed by atoms with van der Waals surface area (Å²) in [5, 5.41) is 9.17. The van der Waals surface area contributed by atoms with Crippen molar-refractivity contribution in [3.05, 3.63) is 0 Å². The van der Waals surface area contributed by atoms with Gasteiger partial charge in [0, 0.05) is 0 Å². The van der Waals surface area contributed by atoms with Crippen LogP contribution in [0.3, 0.4) is 0 Å². The highest BCUT2D eigenvalue weighted by Crippen LogP contribution is 2.18. The van der Waals surface area contributed by atoms with E-state index in [9.17, 15) is 4.79 Å². The van der Waals surface area contributed by atoms with Crippen molar-refractivity contribution in [2.45, 2.75) is 25.4 Å². The predicted octanol–water partition coefficient (Wildman–Crippen LogP) is 0.0744. The zero-order valence-corrected chi connectivity index (χ0v) is 5.39. The maximum Gasteiger partial charge on any atom is 0.337 e. The van der Waals surface area contributed by atoms with E-state index in [2.05, 4.69) is 4.74 Å². The molecule has 1 aliphatic heterocycles. The first-order chi connectivity index (χ1) is 4.13. The number of ether oxygens (including phenoxy) is 1. The minimum Gasteiger partial charge on any atom is -0.464 e. The molecule has 1 heterocycles. The van der Waals surface area contributed by atoms with Crippen molar-refractivity contribution in [3.8, 4) is 0 Å². The van der Waals surface area contributed by atoms with Crippen molar-refractivity contribution in [1.82, 2.24) is 0 Å². The molecule has 1 fully saturated rings. The van der Waals surface area contributed by atoms with Crippen molar-refractivity contribution < 1.29 is 14.6 Å². The number of rotatable bonds is 0. The highest BCUT2D eigenvalue weighted by atomic mass is 16.6. The van der Waals surface area contributed by atoms with Crippen LogP contribution in [0, 0.1) is 0 Å². The van der Waals surface area contributed by atoms with Crippen molar-refractivity contribution in [1.29, 1.82) is 0 Å². The molecule has 1 N–H and O–H groups in total. The van der Waals surface area contributed by atoms with Crippen molar-refractivity contribution in [2.24, 2.45) is 0 Å².